The van der Waals surface area contributed by atoms with Crippen molar-refractivity contribution in [2.24, 2.45) is 0 Å². The molecule has 0 saturated heterocycles. The summed E-state index contributed by atoms with van der Waals surface area (Å²) >= 11 is 0. The summed E-state index contributed by atoms with van der Waals surface area (Å²) < 4.78 is 13.2. The third kappa shape index (κ3) is 5.70. The fourth-order valence-electron chi connectivity index (χ4n) is 9.47. The van der Waals surface area contributed by atoms with Crippen molar-refractivity contribution in [3.8, 4) is 56.4 Å². The van der Waals surface area contributed by atoms with Crippen molar-refractivity contribution in [3.63, 3.8) is 0 Å². The largest absolute Gasteiger partial charge is 0.449 e. The number of rotatable bonds is 7. The van der Waals surface area contributed by atoms with Gasteiger partial charge in [-0.2, -0.15) is 0 Å². The zero-order chi connectivity index (χ0) is 41.0. The van der Waals surface area contributed by atoms with Crippen LogP contribution in [0.2, 0.25) is 0 Å². The number of nitrogens with zero attached hydrogens (tertiary/aromatic N) is 3. The Balaban J connectivity index is 0.997. The molecular formula is C57H37N3O2. The van der Waals surface area contributed by atoms with E-state index in [4.69, 9.17) is 14.5 Å². The standard InChI is InChI=1S/C57H37N3O2/c1-3-12-38(13-4-1)39-21-27-45(28-22-39)60(46-29-23-40(24-30-46)41-25-32-50-42(36-41)14-11-35-58-50)54-34-26-44(37-59-54)57(43-15-5-2-6-16-43)48-18-8-7-17-47(48)55-49(57)31-33-53-56(55)62-52-20-10-9-19-51(52)61-53/h1-37H. The molecule has 8 aromatic carbocycles. The van der Waals surface area contributed by atoms with E-state index in [0.717, 1.165) is 78.4 Å². The lowest BCUT2D eigenvalue weighted by molar-refractivity contribution is 0.360. The van der Waals surface area contributed by atoms with Crippen molar-refractivity contribution in [1.29, 1.82) is 0 Å². The number of anilines is 3. The third-order valence-corrected chi connectivity index (χ3v) is 12.3. The van der Waals surface area contributed by atoms with E-state index in [9.17, 15) is 0 Å². The Morgan fingerprint density at radius 3 is 1.81 bits per heavy atom. The summed E-state index contributed by atoms with van der Waals surface area (Å²) in [5.41, 5.74) is 13.5. The minimum absolute atomic E-state index is 0.687. The summed E-state index contributed by atoms with van der Waals surface area (Å²) in [7, 11) is 0. The van der Waals surface area contributed by atoms with Crippen LogP contribution in [0.25, 0.3) is 44.3 Å². The lowest BCUT2D eigenvalue weighted by Crippen LogP contribution is -2.29. The topological polar surface area (TPSA) is 47.5 Å². The number of benzene rings is 8. The third-order valence-electron chi connectivity index (χ3n) is 12.3. The number of ether oxygens (including phenoxy) is 2. The predicted octanol–water partition coefficient (Wildman–Crippen LogP) is 14.7. The molecule has 0 radical (unpaired) electrons. The Morgan fingerprint density at radius 2 is 1.06 bits per heavy atom. The quantitative estimate of drug-likeness (QED) is 0.161. The maximum Gasteiger partial charge on any atom is 0.178 e. The van der Waals surface area contributed by atoms with Gasteiger partial charge in [0.1, 0.15) is 5.82 Å². The summed E-state index contributed by atoms with van der Waals surface area (Å²) in [6.07, 6.45) is 3.89. The molecule has 3 heterocycles. The molecule has 1 atom stereocenters. The van der Waals surface area contributed by atoms with Crippen LogP contribution in [0.15, 0.2) is 225 Å². The lowest BCUT2D eigenvalue weighted by Gasteiger charge is -2.34. The number of hydrogen-bond donors (Lipinski definition) is 0. The Morgan fingerprint density at radius 1 is 0.419 bits per heavy atom. The van der Waals surface area contributed by atoms with Gasteiger partial charge in [-0.25, -0.2) is 4.98 Å². The highest BCUT2D eigenvalue weighted by atomic mass is 16.6. The van der Waals surface area contributed by atoms with Crippen LogP contribution < -0.4 is 14.4 Å². The number of hydrogen-bond acceptors (Lipinski definition) is 5. The highest BCUT2D eigenvalue weighted by molar-refractivity contribution is 5.92. The van der Waals surface area contributed by atoms with Gasteiger partial charge >= 0.3 is 0 Å². The minimum Gasteiger partial charge on any atom is -0.449 e. The Bertz CT molecular complexity index is 3280. The molecule has 0 bridgehead atoms. The first-order valence-corrected chi connectivity index (χ1v) is 20.9. The SMILES string of the molecule is c1ccc(-c2ccc(N(c3ccc(-c4ccc5ncccc5c4)cc3)c3ccc(C4(c5ccccc5)c5ccccc5-c5c4ccc4c5Oc5ccccc5O4)cn3)cc2)cc1. The highest BCUT2D eigenvalue weighted by Crippen LogP contribution is 2.62. The van der Waals surface area contributed by atoms with Gasteiger partial charge < -0.3 is 9.47 Å². The highest BCUT2D eigenvalue weighted by Gasteiger charge is 2.48. The van der Waals surface area contributed by atoms with Gasteiger partial charge in [0.2, 0.25) is 0 Å². The smallest absolute Gasteiger partial charge is 0.178 e. The molecule has 10 aromatic rings. The van der Waals surface area contributed by atoms with Gasteiger partial charge in [0, 0.05) is 34.7 Å². The fraction of sp³-hybridized carbons (Fsp3) is 0.0175. The molecule has 1 unspecified atom stereocenters. The van der Waals surface area contributed by atoms with E-state index in [0.29, 0.717) is 17.2 Å². The normalized spacial score (nSPS) is 14.5. The maximum absolute atomic E-state index is 6.73. The van der Waals surface area contributed by atoms with Crippen LogP contribution >= 0.6 is 0 Å². The number of para-hydroxylation sites is 2. The van der Waals surface area contributed by atoms with Crippen LogP contribution in [0.1, 0.15) is 22.3 Å². The van der Waals surface area contributed by atoms with Crippen molar-refractivity contribution in [2.45, 2.75) is 5.41 Å². The summed E-state index contributed by atoms with van der Waals surface area (Å²) in [6.45, 7) is 0. The van der Waals surface area contributed by atoms with Crippen LogP contribution in [0.4, 0.5) is 17.2 Å². The molecule has 5 nitrogen and oxygen atoms in total. The molecule has 1 aliphatic heterocycles. The minimum atomic E-state index is -0.687. The second kappa shape index (κ2) is 14.5. The van der Waals surface area contributed by atoms with E-state index in [1.54, 1.807) is 0 Å². The van der Waals surface area contributed by atoms with E-state index in [-0.39, 0.29) is 0 Å². The van der Waals surface area contributed by atoms with Gasteiger partial charge in [-0.3, -0.25) is 9.88 Å². The second-order valence-electron chi connectivity index (χ2n) is 15.7. The van der Waals surface area contributed by atoms with Gasteiger partial charge in [-0.15, -0.1) is 0 Å². The van der Waals surface area contributed by atoms with Crippen LogP contribution in [0.5, 0.6) is 23.0 Å². The summed E-state index contributed by atoms with van der Waals surface area (Å²) in [5.74, 6) is 3.64. The van der Waals surface area contributed by atoms with E-state index in [1.807, 2.05) is 42.6 Å². The zero-order valence-corrected chi connectivity index (χ0v) is 33.5. The monoisotopic (exact) mass is 795 g/mol. The molecule has 0 spiro atoms. The van der Waals surface area contributed by atoms with Crippen molar-refractivity contribution in [2.75, 3.05) is 4.90 Å². The van der Waals surface area contributed by atoms with Crippen LogP contribution in [0.3, 0.4) is 0 Å². The molecule has 0 fully saturated rings. The van der Waals surface area contributed by atoms with Gasteiger partial charge in [-0.05, 0) is 117 Å². The Hall–Kier alpha value is -8.28. The molecule has 0 amide bonds. The molecule has 5 heteroatoms. The zero-order valence-electron chi connectivity index (χ0n) is 33.5. The van der Waals surface area contributed by atoms with Gasteiger partial charge in [-0.1, -0.05) is 146 Å². The van der Waals surface area contributed by atoms with Gasteiger partial charge in [0.25, 0.3) is 0 Å². The average molecular weight is 796 g/mol. The first-order chi connectivity index (χ1) is 30.7. The second-order valence-corrected chi connectivity index (χ2v) is 15.7. The molecule has 2 aromatic heterocycles. The maximum atomic E-state index is 6.73. The van der Waals surface area contributed by atoms with Gasteiger partial charge in [0.05, 0.1) is 10.9 Å². The number of fused-ring (bicyclic) bond motifs is 7. The van der Waals surface area contributed by atoms with Crippen LogP contribution in [0, 0.1) is 0 Å². The summed E-state index contributed by atoms with van der Waals surface area (Å²) in [6, 6.07) is 74.4. The fourth-order valence-corrected chi connectivity index (χ4v) is 9.47. The molecule has 0 N–H and O–H groups in total. The van der Waals surface area contributed by atoms with E-state index in [1.165, 1.54) is 11.1 Å². The van der Waals surface area contributed by atoms with E-state index < -0.39 is 5.41 Å². The molecule has 292 valence electrons. The van der Waals surface area contributed by atoms with Crippen LogP contribution in [-0.2, 0) is 5.41 Å². The van der Waals surface area contributed by atoms with Gasteiger partial charge in [0.15, 0.2) is 23.0 Å². The first kappa shape index (κ1) is 35.6. The van der Waals surface area contributed by atoms with Crippen molar-refractivity contribution in [3.05, 3.63) is 247 Å². The van der Waals surface area contributed by atoms with Crippen LogP contribution in [-0.4, -0.2) is 9.97 Å². The summed E-state index contributed by atoms with van der Waals surface area (Å²) in [4.78, 5) is 12.1. The van der Waals surface area contributed by atoms with E-state index in [2.05, 4.69) is 192 Å². The molecular weight excluding hydrogens is 759 g/mol. The summed E-state index contributed by atoms with van der Waals surface area (Å²) in [5, 5.41) is 1.12. The number of aromatic nitrogens is 2. The molecule has 0 saturated carbocycles. The average Bonchev–Trinajstić information content (AvgIpc) is 3.66. The molecule has 12 rings (SSSR count). The van der Waals surface area contributed by atoms with Crippen molar-refractivity contribution < 1.29 is 9.47 Å². The Labute approximate surface area is 359 Å². The first-order valence-electron chi connectivity index (χ1n) is 20.9. The van der Waals surface area contributed by atoms with Crippen molar-refractivity contribution >= 4 is 28.1 Å². The lowest BCUT2D eigenvalue weighted by atomic mass is 9.68. The number of pyridine rings is 2. The van der Waals surface area contributed by atoms with Crippen molar-refractivity contribution in [1.82, 2.24) is 9.97 Å². The van der Waals surface area contributed by atoms with E-state index >= 15 is 0 Å². The predicted molar refractivity (Wildman–Crippen MR) is 249 cm³/mol. The molecule has 1 aliphatic carbocycles. The Kier molecular flexibility index (Phi) is 8.32. The molecule has 2 aliphatic rings. The molecule has 62 heavy (non-hydrogen) atoms.